The van der Waals surface area contributed by atoms with E-state index in [9.17, 15) is 9.59 Å². The molecule has 2 fully saturated rings. The van der Waals surface area contributed by atoms with Crippen molar-refractivity contribution in [2.45, 2.75) is 25.4 Å². The van der Waals surface area contributed by atoms with E-state index < -0.39 is 0 Å². The Morgan fingerprint density at radius 1 is 0.865 bits per heavy atom. The third-order valence-corrected chi connectivity index (χ3v) is 7.73. The summed E-state index contributed by atoms with van der Waals surface area (Å²) in [4.78, 5) is 36.5. The number of amides is 2. The molecule has 0 spiro atoms. The Labute approximate surface area is 222 Å². The van der Waals surface area contributed by atoms with Crippen molar-refractivity contribution >= 4 is 34.0 Å². The van der Waals surface area contributed by atoms with Crippen molar-refractivity contribution in [1.82, 2.24) is 25.0 Å². The maximum atomic E-state index is 12.9. The van der Waals surface area contributed by atoms with Crippen LogP contribution in [0, 0.1) is 0 Å². The number of piperidine rings is 1. The number of hydrogen-bond donors (Lipinski definition) is 2. The molecule has 1 aromatic heterocycles. The molecule has 2 aliphatic rings. The second kappa shape index (κ2) is 12.3. The molecule has 2 saturated heterocycles. The lowest BCUT2D eigenvalue weighted by Gasteiger charge is -2.35. The van der Waals surface area contributed by atoms with E-state index in [2.05, 4.69) is 49.7 Å². The van der Waals surface area contributed by atoms with Crippen LogP contribution in [0.15, 0.2) is 66.0 Å². The molecule has 5 rings (SSSR count). The number of aromatic nitrogens is 1. The van der Waals surface area contributed by atoms with Crippen molar-refractivity contribution in [2.75, 3.05) is 51.1 Å². The number of nitrogens with zero attached hydrogens (tertiary/aromatic N) is 4. The van der Waals surface area contributed by atoms with E-state index in [4.69, 9.17) is 0 Å². The highest BCUT2D eigenvalue weighted by Gasteiger charge is 2.26. The van der Waals surface area contributed by atoms with Crippen molar-refractivity contribution in [3.05, 3.63) is 77.3 Å². The van der Waals surface area contributed by atoms with E-state index in [1.54, 1.807) is 5.38 Å². The Bertz CT molecular complexity index is 1160. The van der Waals surface area contributed by atoms with Gasteiger partial charge in [0.25, 0.3) is 5.91 Å². The summed E-state index contributed by atoms with van der Waals surface area (Å²) in [5.74, 6) is 0.0288. The summed E-state index contributed by atoms with van der Waals surface area (Å²) in [7, 11) is 0. The lowest BCUT2D eigenvalue weighted by molar-refractivity contribution is -0.123. The van der Waals surface area contributed by atoms with Crippen LogP contribution in [0.5, 0.6) is 0 Å². The second-order valence-electron chi connectivity index (χ2n) is 9.70. The van der Waals surface area contributed by atoms with Gasteiger partial charge in [-0.05, 0) is 30.5 Å². The average Bonchev–Trinajstić information content (AvgIpc) is 3.39. The molecule has 8 nitrogen and oxygen atoms in total. The molecule has 0 atom stereocenters. The smallest absolute Gasteiger partial charge is 0.273 e. The molecular weight excluding hydrogens is 484 g/mol. The minimum atomic E-state index is -0.0521. The Morgan fingerprint density at radius 2 is 1.54 bits per heavy atom. The quantitative estimate of drug-likeness (QED) is 0.476. The highest BCUT2D eigenvalue weighted by atomic mass is 32.1. The molecule has 9 heteroatoms. The van der Waals surface area contributed by atoms with Crippen LogP contribution in [-0.4, -0.2) is 83.4 Å². The normalized spacial score (nSPS) is 17.5. The summed E-state index contributed by atoms with van der Waals surface area (Å²) in [6.07, 6.45) is 1.96. The summed E-state index contributed by atoms with van der Waals surface area (Å²) in [6.45, 7) is 5.93. The fourth-order valence-electron chi connectivity index (χ4n) is 4.90. The van der Waals surface area contributed by atoms with Crippen LogP contribution in [0.25, 0.3) is 0 Å². The summed E-state index contributed by atoms with van der Waals surface area (Å²) in [6, 6.07) is 20.6. The Balaban J connectivity index is 1.01. The minimum absolute atomic E-state index is 0.0521. The number of likely N-dealkylation sites (tertiary alicyclic amines) is 1. The van der Waals surface area contributed by atoms with E-state index in [0.29, 0.717) is 43.5 Å². The zero-order valence-electron chi connectivity index (χ0n) is 21.0. The van der Waals surface area contributed by atoms with E-state index in [1.807, 2.05) is 41.3 Å². The number of carbonyl (C=O) groups is 2. The van der Waals surface area contributed by atoms with Gasteiger partial charge in [0.15, 0.2) is 5.13 Å². The van der Waals surface area contributed by atoms with Crippen LogP contribution in [0.3, 0.4) is 0 Å². The molecule has 2 amide bonds. The average molecular weight is 519 g/mol. The monoisotopic (exact) mass is 518 g/mol. The molecule has 0 radical (unpaired) electrons. The molecule has 3 aromatic rings. The first-order chi connectivity index (χ1) is 18.1. The third kappa shape index (κ3) is 7.15. The molecular formula is C28H34N6O2S. The number of nitrogens with one attached hydrogen (secondary N) is 2. The van der Waals surface area contributed by atoms with E-state index in [-0.39, 0.29) is 17.9 Å². The first-order valence-electron chi connectivity index (χ1n) is 13.0. The molecule has 3 heterocycles. The Kier molecular flexibility index (Phi) is 8.45. The van der Waals surface area contributed by atoms with Crippen molar-refractivity contribution in [3.8, 4) is 0 Å². The van der Waals surface area contributed by atoms with Gasteiger partial charge in [0.05, 0.1) is 6.54 Å². The van der Waals surface area contributed by atoms with Gasteiger partial charge in [-0.15, -0.1) is 11.3 Å². The summed E-state index contributed by atoms with van der Waals surface area (Å²) >= 11 is 1.43. The minimum Gasteiger partial charge on any atom is -0.352 e. The molecule has 194 valence electrons. The number of anilines is 2. The van der Waals surface area contributed by atoms with Crippen LogP contribution < -0.4 is 10.6 Å². The number of rotatable bonds is 8. The van der Waals surface area contributed by atoms with Gasteiger partial charge in [-0.1, -0.05) is 48.5 Å². The van der Waals surface area contributed by atoms with Gasteiger partial charge in [0.1, 0.15) is 5.69 Å². The first-order valence-corrected chi connectivity index (χ1v) is 13.9. The molecule has 37 heavy (non-hydrogen) atoms. The molecule has 0 bridgehead atoms. The highest BCUT2D eigenvalue weighted by Crippen LogP contribution is 2.22. The molecule has 2 N–H and O–H groups in total. The summed E-state index contributed by atoms with van der Waals surface area (Å²) in [5, 5.41) is 8.98. The predicted molar refractivity (Wildman–Crippen MR) is 147 cm³/mol. The molecule has 2 aromatic carbocycles. The largest absolute Gasteiger partial charge is 0.352 e. The number of thiazole rings is 1. The predicted octanol–water partition coefficient (Wildman–Crippen LogP) is 3.43. The SMILES string of the molecule is O=C(CN1CCN(C(=O)c2csc(Nc3ccccc3)n2)CC1)NC1CCN(Cc2ccccc2)CC1. The van der Waals surface area contributed by atoms with Crippen molar-refractivity contribution < 1.29 is 9.59 Å². The van der Waals surface area contributed by atoms with Gasteiger partial charge in [-0.25, -0.2) is 4.98 Å². The summed E-state index contributed by atoms with van der Waals surface area (Å²) < 4.78 is 0. The van der Waals surface area contributed by atoms with E-state index in [1.165, 1.54) is 16.9 Å². The topological polar surface area (TPSA) is 80.8 Å². The third-order valence-electron chi connectivity index (χ3n) is 6.98. The van der Waals surface area contributed by atoms with E-state index >= 15 is 0 Å². The fourth-order valence-corrected chi connectivity index (χ4v) is 5.60. The zero-order valence-corrected chi connectivity index (χ0v) is 21.8. The Hall–Kier alpha value is -3.27. The molecule has 2 aliphatic heterocycles. The first kappa shape index (κ1) is 25.4. The van der Waals surface area contributed by atoms with Gasteiger partial charge >= 0.3 is 0 Å². The van der Waals surface area contributed by atoms with E-state index in [0.717, 1.165) is 38.2 Å². The molecule has 0 aliphatic carbocycles. The zero-order chi connectivity index (χ0) is 25.5. The van der Waals surface area contributed by atoms with Crippen LogP contribution in [0.4, 0.5) is 10.8 Å². The molecule has 0 saturated carbocycles. The van der Waals surface area contributed by atoms with Crippen LogP contribution in [-0.2, 0) is 11.3 Å². The lowest BCUT2D eigenvalue weighted by Crippen LogP contribution is -2.52. The lowest BCUT2D eigenvalue weighted by atomic mass is 10.0. The number of piperazine rings is 1. The second-order valence-corrected chi connectivity index (χ2v) is 10.6. The maximum Gasteiger partial charge on any atom is 0.273 e. The van der Waals surface area contributed by atoms with Gasteiger partial charge in [-0.2, -0.15) is 0 Å². The number of hydrogen-bond acceptors (Lipinski definition) is 7. The van der Waals surface area contributed by atoms with Crippen LogP contribution in [0.1, 0.15) is 28.9 Å². The molecule has 0 unspecified atom stereocenters. The fraction of sp³-hybridized carbons (Fsp3) is 0.393. The van der Waals surface area contributed by atoms with Gasteiger partial charge in [0.2, 0.25) is 5.91 Å². The van der Waals surface area contributed by atoms with Crippen molar-refractivity contribution in [2.24, 2.45) is 0 Å². The maximum absolute atomic E-state index is 12.9. The van der Waals surface area contributed by atoms with Gasteiger partial charge in [-0.3, -0.25) is 19.4 Å². The van der Waals surface area contributed by atoms with Gasteiger partial charge in [0, 0.05) is 62.9 Å². The van der Waals surface area contributed by atoms with Crippen molar-refractivity contribution in [1.29, 1.82) is 0 Å². The Morgan fingerprint density at radius 3 is 2.24 bits per heavy atom. The van der Waals surface area contributed by atoms with Crippen LogP contribution >= 0.6 is 11.3 Å². The highest BCUT2D eigenvalue weighted by molar-refractivity contribution is 7.14. The standard InChI is InChI=1S/C28H34N6O2S/c35-26(29-24-11-13-32(14-12-24)19-22-7-3-1-4-8-22)20-33-15-17-34(18-16-33)27(36)25-21-37-28(31-25)30-23-9-5-2-6-10-23/h1-10,21,24H,11-20H2,(H,29,35)(H,30,31). The van der Waals surface area contributed by atoms with Gasteiger partial charge < -0.3 is 15.5 Å². The number of carbonyl (C=O) groups excluding carboxylic acids is 2. The number of para-hydroxylation sites is 1. The van der Waals surface area contributed by atoms with Crippen molar-refractivity contribution in [3.63, 3.8) is 0 Å². The number of benzene rings is 2. The summed E-state index contributed by atoms with van der Waals surface area (Å²) in [5.41, 5.74) is 2.75. The van der Waals surface area contributed by atoms with Crippen LogP contribution in [0.2, 0.25) is 0 Å².